The molecular formula is C21H25F3N4O3. The fraction of sp³-hybridized carbons (Fsp3) is 0.476. The first kappa shape index (κ1) is 22.6. The number of rotatable bonds is 6. The van der Waals surface area contributed by atoms with Gasteiger partial charge in [0.25, 0.3) is 11.8 Å². The lowest BCUT2D eigenvalue weighted by Gasteiger charge is -2.31. The molecule has 1 aromatic heterocycles. The van der Waals surface area contributed by atoms with Crippen LogP contribution in [0, 0.1) is 0 Å². The number of halogens is 3. The second-order valence-electron chi connectivity index (χ2n) is 7.76. The zero-order chi connectivity index (χ0) is 22.6. The minimum atomic E-state index is -4.48. The molecule has 0 bridgehead atoms. The molecule has 1 saturated heterocycles. The average Bonchev–Trinajstić information content (AvgIpc) is 3.21. The monoisotopic (exact) mass is 438 g/mol. The molecule has 0 aliphatic carbocycles. The Hall–Kier alpha value is -3.04. The lowest BCUT2D eigenvalue weighted by atomic mass is 9.93. The van der Waals surface area contributed by atoms with Crippen LogP contribution in [0.15, 0.2) is 30.3 Å². The number of H-pyrrole nitrogens is 1. The normalized spacial score (nSPS) is 15.2. The van der Waals surface area contributed by atoms with E-state index in [9.17, 15) is 22.8 Å². The largest absolute Gasteiger partial charge is 0.491 e. The van der Waals surface area contributed by atoms with Gasteiger partial charge in [0.2, 0.25) is 0 Å². The molecule has 0 unspecified atom stereocenters. The Morgan fingerprint density at radius 3 is 2.45 bits per heavy atom. The second-order valence-corrected chi connectivity index (χ2v) is 7.76. The molecule has 31 heavy (non-hydrogen) atoms. The number of piperidine rings is 1. The zero-order valence-electron chi connectivity index (χ0n) is 17.3. The maximum Gasteiger partial charge on any atom is 0.405 e. The van der Waals surface area contributed by atoms with Gasteiger partial charge in [0.1, 0.15) is 18.0 Å². The number of aromatic nitrogens is 2. The number of carbonyl (C=O) groups excluding carboxylic acids is 2. The Morgan fingerprint density at radius 1 is 1.23 bits per heavy atom. The lowest BCUT2D eigenvalue weighted by Crippen LogP contribution is -2.38. The van der Waals surface area contributed by atoms with Crippen LogP contribution >= 0.6 is 0 Å². The number of ether oxygens (including phenoxy) is 1. The van der Waals surface area contributed by atoms with Crippen molar-refractivity contribution >= 4 is 11.8 Å². The summed E-state index contributed by atoms with van der Waals surface area (Å²) in [5, 5.41) is 8.37. The van der Waals surface area contributed by atoms with E-state index in [0.717, 1.165) is 0 Å². The van der Waals surface area contributed by atoms with Gasteiger partial charge in [-0.1, -0.05) is 0 Å². The summed E-state index contributed by atoms with van der Waals surface area (Å²) in [6.07, 6.45) is -3.10. The topological polar surface area (TPSA) is 87.3 Å². The molecule has 7 nitrogen and oxygen atoms in total. The molecule has 2 heterocycles. The van der Waals surface area contributed by atoms with Crippen molar-refractivity contribution in [3.05, 3.63) is 47.3 Å². The van der Waals surface area contributed by atoms with Gasteiger partial charge in [-0.25, -0.2) is 0 Å². The van der Waals surface area contributed by atoms with Crippen LogP contribution in [0.3, 0.4) is 0 Å². The molecule has 2 N–H and O–H groups in total. The number of hydrogen-bond acceptors (Lipinski definition) is 4. The molecule has 0 spiro atoms. The number of nitrogens with one attached hydrogen (secondary N) is 2. The average molecular weight is 438 g/mol. The molecule has 2 amide bonds. The number of nitrogens with zero attached hydrogens (tertiary/aromatic N) is 2. The Morgan fingerprint density at radius 2 is 1.87 bits per heavy atom. The van der Waals surface area contributed by atoms with Crippen molar-refractivity contribution in [2.45, 2.75) is 44.9 Å². The van der Waals surface area contributed by atoms with Gasteiger partial charge >= 0.3 is 6.18 Å². The smallest absolute Gasteiger partial charge is 0.405 e. The van der Waals surface area contributed by atoms with Crippen molar-refractivity contribution in [3.8, 4) is 5.75 Å². The summed E-state index contributed by atoms with van der Waals surface area (Å²) < 4.78 is 42.3. The summed E-state index contributed by atoms with van der Waals surface area (Å²) in [5.74, 6) is -0.189. The summed E-state index contributed by atoms with van der Waals surface area (Å²) in [5.41, 5.74) is 1.18. The molecule has 168 valence electrons. The minimum absolute atomic E-state index is 0.0440. The van der Waals surface area contributed by atoms with Crippen LogP contribution in [-0.2, 0) is 0 Å². The fourth-order valence-electron chi connectivity index (χ4n) is 3.46. The predicted octanol–water partition coefficient (Wildman–Crippen LogP) is 3.51. The van der Waals surface area contributed by atoms with Crippen LogP contribution in [0.1, 0.15) is 59.1 Å². The van der Waals surface area contributed by atoms with Crippen molar-refractivity contribution in [2.24, 2.45) is 0 Å². The van der Waals surface area contributed by atoms with Gasteiger partial charge in [0.15, 0.2) is 0 Å². The van der Waals surface area contributed by atoms with Crippen molar-refractivity contribution < 1.29 is 27.5 Å². The summed E-state index contributed by atoms with van der Waals surface area (Å²) >= 11 is 0. The Bertz CT molecular complexity index is 901. The first-order valence-corrected chi connectivity index (χ1v) is 10.1. The van der Waals surface area contributed by atoms with E-state index in [2.05, 4.69) is 10.2 Å². The van der Waals surface area contributed by atoms with Gasteiger partial charge in [0, 0.05) is 30.3 Å². The highest BCUT2D eigenvalue weighted by Gasteiger charge is 2.29. The molecule has 1 aliphatic rings. The van der Waals surface area contributed by atoms with Crippen molar-refractivity contribution in [3.63, 3.8) is 0 Å². The molecule has 0 saturated carbocycles. The van der Waals surface area contributed by atoms with Gasteiger partial charge in [-0.05, 0) is 57.0 Å². The fourth-order valence-corrected chi connectivity index (χ4v) is 3.46. The molecule has 1 aromatic carbocycles. The molecule has 0 radical (unpaired) electrons. The van der Waals surface area contributed by atoms with E-state index in [1.54, 1.807) is 34.5 Å². The SMILES string of the molecule is CC(C)Oc1ccc(C(=O)N2CCC(c3cc(C(=O)NCC(F)(F)F)n[nH]3)CC2)cc1. The van der Waals surface area contributed by atoms with E-state index in [1.165, 1.54) is 6.07 Å². The summed E-state index contributed by atoms with van der Waals surface area (Å²) in [6, 6.07) is 8.51. The molecule has 0 atom stereocenters. The maximum absolute atomic E-state index is 12.7. The third kappa shape index (κ3) is 6.22. The molecule has 1 fully saturated rings. The van der Waals surface area contributed by atoms with Gasteiger partial charge < -0.3 is 15.0 Å². The van der Waals surface area contributed by atoms with Crippen LogP contribution in [-0.4, -0.2) is 58.8 Å². The van der Waals surface area contributed by atoms with Gasteiger partial charge in [-0.2, -0.15) is 18.3 Å². The van der Waals surface area contributed by atoms with Crippen LogP contribution < -0.4 is 10.1 Å². The van der Waals surface area contributed by atoms with Crippen LogP contribution in [0.25, 0.3) is 0 Å². The van der Waals surface area contributed by atoms with E-state index < -0.39 is 18.6 Å². The van der Waals surface area contributed by atoms with Crippen molar-refractivity contribution in [1.29, 1.82) is 0 Å². The quantitative estimate of drug-likeness (QED) is 0.723. The number of benzene rings is 1. The summed E-state index contributed by atoms with van der Waals surface area (Å²) in [7, 11) is 0. The number of hydrogen-bond donors (Lipinski definition) is 2. The summed E-state index contributed by atoms with van der Waals surface area (Å²) in [6.45, 7) is 3.52. The van der Waals surface area contributed by atoms with Crippen LogP contribution in [0.2, 0.25) is 0 Å². The third-order valence-electron chi connectivity index (χ3n) is 4.97. The molecule has 10 heteroatoms. The minimum Gasteiger partial charge on any atom is -0.491 e. The van der Waals surface area contributed by atoms with Crippen LogP contribution in [0.4, 0.5) is 13.2 Å². The Balaban J connectivity index is 1.53. The number of carbonyl (C=O) groups is 2. The number of likely N-dealkylation sites (tertiary alicyclic amines) is 1. The first-order chi connectivity index (χ1) is 14.6. The van der Waals surface area contributed by atoms with Crippen LogP contribution in [0.5, 0.6) is 5.75 Å². The highest BCUT2D eigenvalue weighted by Crippen LogP contribution is 2.28. The number of alkyl halides is 3. The van der Waals surface area contributed by atoms with Crippen molar-refractivity contribution in [2.75, 3.05) is 19.6 Å². The maximum atomic E-state index is 12.7. The highest BCUT2D eigenvalue weighted by molar-refractivity contribution is 5.94. The Kier molecular flexibility index (Phi) is 6.87. The Labute approximate surface area is 178 Å². The van der Waals surface area contributed by atoms with E-state index in [-0.39, 0.29) is 23.6 Å². The van der Waals surface area contributed by atoms with E-state index in [1.807, 2.05) is 13.8 Å². The van der Waals surface area contributed by atoms with E-state index >= 15 is 0 Å². The highest BCUT2D eigenvalue weighted by atomic mass is 19.4. The molecule has 3 rings (SSSR count). The molecular weight excluding hydrogens is 413 g/mol. The zero-order valence-corrected chi connectivity index (χ0v) is 17.3. The first-order valence-electron chi connectivity index (χ1n) is 10.1. The van der Waals surface area contributed by atoms with Crippen molar-refractivity contribution in [1.82, 2.24) is 20.4 Å². The number of aromatic amines is 1. The van der Waals surface area contributed by atoms with Gasteiger partial charge in [0.05, 0.1) is 6.10 Å². The standard InChI is InChI=1S/C21H25F3N4O3/c1-13(2)31-16-5-3-15(4-6-16)20(30)28-9-7-14(8-10-28)17-11-18(27-26-17)19(29)25-12-21(22,23)24/h3-6,11,13-14H,7-10,12H2,1-2H3,(H,25,29)(H,26,27). The summed E-state index contributed by atoms with van der Waals surface area (Å²) in [4.78, 5) is 26.3. The number of amides is 2. The second kappa shape index (κ2) is 9.40. The third-order valence-corrected chi connectivity index (χ3v) is 4.97. The lowest BCUT2D eigenvalue weighted by molar-refractivity contribution is -0.123. The molecule has 1 aliphatic heterocycles. The van der Waals surface area contributed by atoms with E-state index in [4.69, 9.17) is 4.74 Å². The van der Waals surface area contributed by atoms with Gasteiger partial charge in [-0.3, -0.25) is 14.7 Å². The molecule has 2 aromatic rings. The van der Waals surface area contributed by atoms with Gasteiger partial charge in [-0.15, -0.1) is 0 Å². The van der Waals surface area contributed by atoms with E-state index in [0.29, 0.717) is 42.9 Å². The predicted molar refractivity (Wildman–Crippen MR) is 107 cm³/mol.